The van der Waals surface area contributed by atoms with E-state index in [4.69, 9.17) is 0 Å². The second-order valence-electron chi connectivity index (χ2n) is 6.28. The third-order valence-corrected chi connectivity index (χ3v) is 8.00. The highest BCUT2D eigenvalue weighted by Gasteiger charge is 2.33. The average Bonchev–Trinajstić information content (AvgIpc) is 3.06. The van der Waals surface area contributed by atoms with E-state index in [1.807, 2.05) is 19.9 Å². The fourth-order valence-electron chi connectivity index (χ4n) is 2.62. The molecule has 150 valence electrons. The van der Waals surface area contributed by atoms with E-state index in [9.17, 15) is 8.42 Å². The third-order valence-electron chi connectivity index (χ3n) is 4.34. The summed E-state index contributed by atoms with van der Waals surface area (Å²) >= 11 is 1.35. The SMILES string of the molecule is CCNC(=NCCc1ccc(S(=O)(=O)N(CC)CC)s1)NC1CC1C.I. The molecule has 26 heavy (non-hydrogen) atoms. The van der Waals surface area contributed by atoms with Gasteiger partial charge in [-0.2, -0.15) is 4.31 Å². The molecule has 0 radical (unpaired) electrons. The Balaban J connectivity index is 0.00000338. The molecule has 2 N–H and O–H groups in total. The number of thiophene rings is 1. The predicted molar refractivity (Wildman–Crippen MR) is 120 cm³/mol. The van der Waals surface area contributed by atoms with Crippen molar-refractivity contribution in [1.29, 1.82) is 0 Å². The van der Waals surface area contributed by atoms with Gasteiger partial charge in [0.15, 0.2) is 5.96 Å². The summed E-state index contributed by atoms with van der Waals surface area (Å²) in [5.74, 6) is 1.57. The van der Waals surface area contributed by atoms with Gasteiger partial charge in [-0.25, -0.2) is 8.42 Å². The van der Waals surface area contributed by atoms with Gasteiger partial charge in [0.25, 0.3) is 10.0 Å². The van der Waals surface area contributed by atoms with E-state index in [-0.39, 0.29) is 24.0 Å². The number of aliphatic imine (C=N–C) groups is 1. The number of rotatable bonds is 9. The van der Waals surface area contributed by atoms with Crippen molar-refractivity contribution in [3.05, 3.63) is 17.0 Å². The summed E-state index contributed by atoms with van der Waals surface area (Å²) in [5.41, 5.74) is 0. The summed E-state index contributed by atoms with van der Waals surface area (Å²) in [6.07, 6.45) is 1.94. The fraction of sp³-hybridized carbons (Fsp3) is 0.706. The van der Waals surface area contributed by atoms with Gasteiger partial charge in [-0.1, -0.05) is 20.8 Å². The van der Waals surface area contributed by atoms with Crippen LogP contribution in [0, 0.1) is 5.92 Å². The predicted octanol–water partition coefficient (Wildman–Crippen LogP) is 2.90. The molecule has 1 saturated carbocycles. The van der Waals surface area contributed by atoms with Gasteiger partial charge in [0, 0.05) is 43.5 Å². The normalized spacial score (nSPS) is 20.0. The Hall–Kier alpha value is -0.390. The van der Waals surface area contributed by atoms with E-state index in [0.717, 1.165) is 23.8 Å². The standard InChI is InChI=1S/C17H30N4O2S2.HI/c1-5-18-17(20-15-12-13(15)4)19-11-10-14-8-9-16(24-14)25(22,23)21(6-2)7-3;/h8-9,13,15H,5-7,10-12H2,1-4H3,(H2,18,19,20);1H. The lowest BCUT2D eigenvalue weighted by Gasteiger charge is -2.16. The summed E-state index contributed by atoms with van der Waals surface area (Å²) in [7, 11) is -3.35. The van der Waals surface area contributed by atoms with Gasteiger partial charge in [-0.3, -0.25) is 4.99 Å². The summed E-state index contributed by atoms with van der Waals surface area (Å²) in [6, 6.07) is 4.15. The van der Waals surface area contributed by atoms with Crippen LogP contribution < -0.4 is 10.6 Å². The quantitative estimate of drug-likeness (QED) is 0.302. The maximum atomic E-state index is 12.5. The zero-order valence-electron chi connectivity index (χ0n) is 16.0. The zero-order valence-corrected chi connectivity index (χ0v) is 20.0. The van der Waals surface area contributed by atoms with E-state index >= 15 is 0 Å². The van der Waals surface area contributed by atoms with E-state index in [0.29, 0.717) is 35.8 Å². The fourth-order valence-corrected chi connectivity index (χ4v) is 5.58. The Morgan fingerprint density at radius 1 is 1.31 bits per heavy atom. The van der Waals surface area contributed by atoms with Gasteiger partial charge in [0.05, 0.1) is 0 Å². The van der Waals surface area contributed by atoms with Crippen LogP contribution in [0.5, 0.6) is 0 Å². The Bertz CT molecular complexity index is 687. The molecule has 2 atom stereocenters. The van der Waals surface area contributed by atoms with Crippen LogP contribution >= 0.6 is 35.3 Å². The molecular weight excluding hydrogens is 483 g/mol. The molecule has 1 aromatic rings. The van der Waals surface area contributed by atoms with Gasteiger partial charge in [0.2, 0.25) is 0 Å². The maximum absolute atomic E-state index is 12.5. The number of guanidine groups is 1. The van der Waals surface area contributed by atoms with Crippen molar-refractivity contribution in [2.45, 2.75) is 50.8 Å². The summed E-state index contributed by atoms with van der Waals surface area (Å²) in [5, 5.41) is 6.69. The lowest BCUT2D eigenvalue weighted by Crippen LogP contribution is -2.39. The monoisotopic (exact) mass is 514 g/mol. The average molecular weight is 514 g/mol. The molecule has 0 aliphatic heterocycles. The van der Waals surface area contributed by atoms with Crippen LogP contribution in [0.25, 0.3) is 0 Å². The van der Waals surface area contributed by atoms with Crippen molar-refractivity contribution < 1.29 is 8.42 Å². The maximum Gasteiger partial charge on any atom is 0.252 e. The molecule has 2 unspecified atom stereocenters. The van der Waals surface area contributed by atoms with Gasteiger partial charge in [-0.05, 0) is 31.4 Å². The van der Waals surface area contributed by atoms with Gasteiger partial charge >= 0.3 is 0 Å². The molecule has 0 bridgehead atoms. The minimum atomic E-state index is -3.35. The van der Waals surface area contributed by atoms with E-state index in [2.05, 4.69) is 29.5 Å². The summed E-state index contributed by atoms with van der Waals surface area (Å²) in [6.45, 7) is 10.5. The highest BCUT2D eigenvalue weighted by Crippen LogP contribution is 2.28. The Kier molecular flexibility index (Phi) is 9.84. The first kappa shape index (κ1) is 23.6. The highest BCUT2D eigenvalue weighted by molar-refractivity contribution is 14.0. The first-order valence-corrected chi connectivity index (χ1v) is 11.3. The second-order valence-corrected chi connectivity index (χ2v) is 9.62. The largest absolute Gasteiger partial charge is 0.357 e. The molecule has 6 nitrogen and oxygen atoms in total. The molecule has 2 rings (SSSR count). The molecule has 1 heterocycles. The molecule has 9 heteroatoms. The number of sulfonamides is 1. The van der Waals surface area contributed by atoms with Crippen LogP contribution in [0.3, 0.4) is 0 Å². The molecule has 1 aromatic heterocycles. The van der Waals surface area contributed by atoms with Crippen molar-refractivity contribution >= 4 is 51.3 Å². The second kappa shape index (κ2) is 10.8. The van der Waals surface area contributed by atoms with Crippen LogP contribution in [-0.2, 0) is 16.4 Å². The number of halogens is 1. The van der Waals surface area contributed by atoms with Crippen molar-refractivity contribution in [3.63, 3.8) is 0 Å². The molecule has 0 amide bonds. The van der Waals surface area contributed by atoms with Crippen molar-refractivity contribution in [3.8, 4) is 0 Å². The minimum Gasteiger partial charge on any atom is -0.357 e. The van der Waals surface area contributed by atoms with Crippen LogP contribution in [0.15, 0.2) is 21.3 Å². The van der Waals surface area contributed by atoms with Crippen molar-refractivity contribution in [1.82, 2.24) is 14.9 Å². The molecular formula is C17H31IN4O2S2. The van der Waals surface area contributed by atoms with E-state index in [1.54, 1.807) is 6.07 Å². The lowest BCUT2D eigenvalue weighted by atomic mass is 10.3. The first-order chi connectivity index (χ1) is 11.9. The molecule has 1 aliphatic rings. The molecule has 1 aliphatic carbocycles. The topological polar surface area (TPSA) is 73.8 Å². The Morgan fingerprint density at radius 2 is 1.96 bits per heavy atom. The van der Waals surface area contributed by atoms with Gasteiger partial charge < -0.3 is 10.6 Å². The molecule has 0 spiro atoms. The van der Waals surface area contributed by atoms with Gasteiger partial charge in [-0.15, -0.1) is 35.3 Å². The highest BCUT2D eigenvalue weighted by atomic mass is 127. The number of hydrogen-bond acceptors (Lipinski definition) is 4. The number of nitrogens with zero attached hydrogens (tertiary/aromatic N) is 2. The number of hydrogen-bond donors (Lipinski definition) is 2. The van der Waals surface area contributed by atoms with Gasteiger partial charge in [0.1, 0.15) is 4.21 Å². The van der Waals surface area contributed by atoms with Crippen LogP contribution in [0.4, 0.5) is 0 Å². The van der Waals surface area contributed by atoms with Crippen molar-refractivity contribution in [2.24, 2.45) is 10.9 Å². The minimum absolute atomic E-state index is 0. The lowest BCUT2D eigenvalue weighted by molar-refractivity contribution is 0.447. The van der Waals surface area contributed by atoms with E-state index < -0.39 is 10.0 Å². The van der Waals surface area contributed by atoms with E-state index in [1.165, 1.54) is 22.1 Å². The number of nitrogens with one attached hydrogen (secondary N) is 2. The van der Waals surface area contributed by atoms with Crippen LogP contribution in [0.2, 0.25) is 0 Å². The summed E-state index contributed by atoms with van der Waals surface area (Å²) < 4.78 is 27.0. The Morgan fingerprint density at radius 3 is 2.50 bits per heavy atom. The first-order valence-electron chi connectivity index (χ1n) is 9.06. The smallest absolute Gasteiger partial charge is 0.252 e. The molecule has 0 saturated heterocycles. The zero-order chi connectivity index (χ0) is 18.4. The summed E-state index contributed by atoms with van der Waals surface area (Å²) in [4.78, 5) is 5.65. The Labute approximate surface area is 178 Å². The van der Waals surface area contributed by atoms with Crippen molar-refractivity contribution in [2.75, 3.05) is 26.2 Å². The van der Waals surface area contributed by atoms with Crippen LogP contribution in [0.1, 0.15) is 39.0 Å². The third kappa shape index (κ3) is 6.35. The molecule has 1 fully saturated rings. The van der Waals surface area contributed by atoms with Crippen LogP contribution in [-0.4, -0.2) is 50.9 Å². The molecule has 0 aromatic carbocycles.